The van der Waals surface area contributed by atoms with E-state index in [1.165, 1.54) is 27.2 Å². The van der Waals surface area contributed by atoms with Crippen molar-refractivity contribution >= 4 is 33.0 Å². The van der Waals surface area contributed by atoms with Crippen LogP contribution in [0.4, 0.5) is 4.39 Å². The summed E-state index contributed by atoms with van der Waals surface area (Å²) in [5.41, 5.74) is 2.96. The van der Waals surface area contributed by atoms with Gasteiger partial charge in [-0.25, -0.2) is 23.2 Å². The number of carbonyl (C=O) groups excluding carboxylic acids is 1. The number of aromatic nitrogens is 3. The Morgan fingerprint density at radius 1 is 0.976 bits per heavy atom. The highest BCUT2D eigenvalue weighted by Crippen LogP contribution is 2.33. The van der Waals surface area contributed by atoms with Gasteiger partial charge < -0.3 is 4.74 Å². The fourth-order valence-electron chi connectivity index (χ4n) is 5.46. The van der Waals surface area contributed by atoms with Crippen molar-refractivity contribution in [2.24, 2.45) is 0 Å². The van der Waals surface area contributed by atoms with Crippen LogP contribution in [0, 0.1) is 5.82 Å². The highest BCUT2D eigenvalue weighted by molar-refractivity contribution is 7.59. The summed E-state index contributed by atoms with van der Waals surface area (Å²) in [7, 11) is 0. The number of carbonyl (C=O) groups is 1. The molecule has 5 rings (SSSR count). The van der Waals surface area contributed by atoms with Crippen molar-refractivity contribution in [2.75, 3.05) is 19.7 Å². The van der Waals surface area contributed by atoms with Crippen LogP contribution in [0.25, 0.3) is 5.69 Å². The minimum atomic E-state index is -0.529. The third kappa shape index (κ3) is 6.94. The first-order valence-corrected chi connectivity index (χ1v) is 13.4. The molecule has 0 unspecified atom stereocenters. The van der Waals surface area contributed by atoms with Crippen molar-refractivity contribution in [3.8, 4) is 5.69 Å². The first-order chi connectivity index (χ1) is 19.0. The lowest BCUT2D eigenvalue weighted by atomic mass is 9.88. The van der Waals surface area contributed by atoms with Crippen molar-refractivity contribution in [2.45, 2.75) is 44.7 Å². The van der Waals surface area contributed by atoms with Gasteiger partial charge in [-0.2, -0.15) is 32.1 Å². The molecule has 0 aliphatic carbocycles. The maximum atomic E-state index is 14.3. The van der Waals surface area contributed by atoms with Gasteiger partial charge in [-0.1, -0.05) is 60.7 Å². The molecule has 0 radical (unpaired) electrons. The van der Waals surface area contributed by atoms with Gasteiger partial charge in [0.05, 0.1) is 18.3 Å². The number of hydrogen-bond acceptors (Lipinski definition) is 5. The van der Waals surface area contributed by atoms with Gasteiger partial charge in [0, 0.05) is 5.56 Å². The average Bonchev–Trinajstić information content (AvgIpc) is 3.35. The third-order valence-electron chi connectivity index (χ3n) is 7.58. The average molecular weight is 597 g/mol. The van der Waals surface area contributed by atoms with Crippen LogP contribution in [0.2, 0.25) is 0 Å². The highest BCUT2D eigenvalue weighted by Gasteiger charge is 2.32. The van der Waals surface area contributed by atoms with Crippen LogP contribution in [0.5, 0.6) is 0 Å². The van der Waals surface area contributed by atoms with E-state index in [0.717, 1.165) is 31.5 Å². The second-order valence-electron chi connectivity index (χ2n) is 9.89. The normalized spacial score (nSPS) is 15.3. The van der Waals surface area contributed by atoms with Crippen LogP contribution in [-0.4, -0.2) is 44.9 Å². The van der Waals surface area contributed by atoms with Gasteiger partial charge >= 0.3 is 11.7 Å². The molecular formula is C31H37FN4O3S2. The Kier molecular flexibility index (Phi) is 11.4. The van der Waals surface area contributed by atoms with Crippen molar-refractivity contribution in [1.82, 2.24) is 19.2 Å². The zero-order chi connectivity index (χ0) is 27.4. The maximum absolute atomic E-state index is 14.3. The molecule has 0 N–H and O–H groups in total. The van der Waals surface area contributed by atoms with Gasteiger partial charge in [-0.15, -0.1) is 0 Å². The standard InChI is InChI=1S/C31H33FN4O3.2H2S/c1-3-39-30(37)29(25-9-5-4-6-10-25)34-19-17-24(18-20-34)23-13-15-26(16-14-23)35-21-33-36(31(35)38)22(2)27-11-7-8-12-28(27)32;;/h4-16,21-22,24,29H,3,17-20H2,1-2H3;2*1H2/t22-,29-;;/m0../s1. The molecule has 1 fully saturated rings. The number of piperidine rings is 1. The van der Waals surface area contributed by atoms with E-state index in [0.29, 0.717) is 23.8 Å². The highest BCUT2D eigenvalue weighted by atomic mass is 32.1. The molecule has 10 heteroatoms. The minimum absolute atomic E-state index is 0. The number of likely N-dealkylation sites (tertiary alicyclic amines) is 1. The summed E-state index contributed by atoms with van der Waals surface area (Å²) in [5, 5.41) is 4.26. The Morgan fingerprint density at radius 3 is 2.24 bits per heavy atom. The lowest BCUT2D eigenvalue weighted by Gasteiger charge is -2.36. The van der Waals surface area contributed by atoms with E-state index in [1.54, 1.807) is 25.1 Å². The topological polar surface area (TPSA) is 69.4 Å². The second kappa shape index (κ2) is 14.5. The van der Waals surface area contributed by atoms with Crippen LogP contribution in [0.1, 0.15) is 61.4 Å². The van der Waals surface area contributed by atoms with Gasteiger partial charge in [0.25, 0.3) is 0 Å². The van der Waals surface area contributed by atoms with Crippen LogP contribution < -0.4 is 5.69 Å². The number of ether oxygens (including phenoxy) is 1. The number of nitrogens with zero attached hydrogens (tertiary/aromatic N) is 4. The molecule has 2 atom stereocenters. The van der Waals surface area contributed by atoms with Gasteiger partial charge in [0.1, 0.15) is 18.2 Å². The summed E-state index contributed by atoms with van der Waals surface area (Å²) in [5.74, 6) is -0.213. The predicted molar refractivity (Wildman–Crippen MR) is 168 cm³/mol. The molecule has 218 valence electrons. The van der Waals surface area contributed by atoms with Crippen molar-refractivity contribution in [1.29, 1.82) is 0 Å². The monoisotopic (exact) mass is 596 g/mol. The molecule has 3 aromatic carbocycles. The van der Waals surface area contributed by atoms with Gasteiger partial charge in [-0.3, -0.25) is 4.90 Å². The molecule has 41 heavy (non-hydrogen) atoms. The van der Waals surface area contributed by atoms with Gasteiger partial charge in [-0.05, 0) is 75.0 Å². The molecule has 0 saturated carbocycles. The van der Waals surface area contributed by atoms with Crippen LogP contribution in [0.15, 0.2) is 90.0 Å². The van der Waals surface area contributed by atoms with Crippen molar-refractivity contribution in [3.63, 3.8) is 0 Å². The largest absolute Gasteiger partial charge is 0.465 e. The van der Waals surface area contributed by atoms with Gasteiger partial charge in [0.2, 0.25) is 0 Å². The van der Waals surface area contributed by atoms with E-state index in [2.05, 4.69) is 22.1 Å². The number of esters is 1. The van der Waals surface area contributed by atoms with Gasteiger partial charge in [0.15, 0.2) is 0 Å². The molecular weight excluding hydrogens is 559 g/mol. The third-order valence-corrected chi connectivity index (χ3v) is 7.58. The van der Waals surface area contributed by atoms with Crippen LogP contribution >= 0.6 is 27.0 Å². The van der Waals surface area contributed by atoms with Crippen LogP contribution in [0.3, 0.4) is 0 Å². The van der Waals surface area contributed by atoms with Crippen LogP contribution in [-0.2, 0) is 9.53 Å². The zero-order valence-corrected chi connectivity index (χ0v) is 25.2. The number of halogens is 1. The Morgan fingerprint density at radius 2 is 1.61 bits per heavy atom. The van der Waals surface area contributed by atoms with E-state index >= 15 is 0 Å². The molecule has 1 aliphatic rings. The Hall–Kier alpha value is -3.34. The Balaban J connectivity index is 0.00000231. The summed E-state index contributed by atoms with van der Waals surface area (Å²) in [6.45, 7) is 5.51. The molecule has 1 aliphatic heterocycles. The molecule has 7 nitrogen and oxygen atoms in total. The molecule has 0 spiro atoms. The molecule has 1 aromatic heterocycles. The van der Waals surface area contributed by atoms with E-state index in [-0.39, 0.29) is 44.5 Å². The number of hydrogen-bond donors (Lipinski definition) is 0. The SMILES string of the molecule is CCOC(=O)[C@H](c1ccccc1)N1CCC(c2ccc(-n3cnn([C@@H](C)c4ccccc4F)c3=O)cc2)CC1.S.S. The molecule has 4 aromatic rings. The quantitative estimate of drug-likeness (QED) is 0.252. The first-order valence-electron chi connectivity index (χ1n) is 13.4. The molecule has 0 bridgehead atoms. The number of rotatable bonds is 8. The van der Waals surface area contributed by atoms with E-state index in [4.69, 9.17) is 4.74 Å². The summed E-state index contributed by atoms with van der Waals surface area (Å²) >= 11 is 0. The molecule has 0 amide bonds. The van der Waals surface area contributed by atoms with E-state index in [9.17, 15) is 14.0 Å². The van der Waals surface area contributed by atoms with E-state index < -0.39 is 12.1 Å². The molecule has 1 saturated heterocycles. The fourth-order valence-corrected chi connectivity index (χ4v) is 5.46. The zero-order valence-electron chi connectivity index (χ0n) is 23.2. The predicted octanol–water partition coefficient (Wildman–Crippen LogP) is 5.49. The molecule has 2 heterocycles. The second-order valence-corrected chi connectivity index (χ2v) is 9.89. The summed E-state index contributed by atoms with van der Waals surface area (Å²) in [4.78, 5) is 28.1. The number of benzene rings is 3. The van der Waals surface area contributed by atoms with E-state index in [1.807, 2.05) is 49.4 Å². The maximum Gasteiger partial charge on any atom is 0.350 e. The first kappa shape index (κ1) is 32.2. The smallest absolute Gasteiger partial charge is 0.350 e. The Bertz CT molecular complexity index is 1470. The Labute approximate surface area is 253 Å². The summed E-state index contributed by atoms with van der Waals surface area (Å²) in [6, 6.07) is 23.3. The summed E-state index contributed by atoms with van der Waals surface area (Å²) < 4.78 is 22.4. The fraction of sp³-hybridized carbons (Fsp3) is 0.323. The minimum Gasteiger partial charge on any atom is -0.465 e. The van der Waals surface area contributed by atoms with Crippen molar-refractivity contribution in [3.05, 3.63) is 118 Å². The lowest BCUT2D eigenvalue weighted by molar-refractivity contribution is -0.150. The lowest BCUT2D eigenvalue weighted by Crippen LogP contribution is -2.40. The van der Waals surface area contributed by atoms with Crippen molar-refractivity contribution < 1.29 is 13.9 Å². The summed E-state index contributed by atoms with van der Waals surface area (Å²) in [6.07, 6.45) is 3.31.